The van der Waals surface area contributed by atoms with Gasteiger partial charge in [-0.15, -0.1) is 0 Å². The number of nitrogens with one attached hydrogen (secondary N) is 2. The van der Waals surface area contributed by atoms with Crippen molar-refractivity contribution in [1.82, 2.24) is 10.6 Å². The molecule has 1 heterocycles. The highest BCUT2D eigenvalue weighted by Crippen LogP contribution is 2.30. The van der Waals surface area contributed by atoms with Gasteiger partial charge in [0.2, 0.25) is 0 Å². The second-order valence-corrected chi connectivity index (χ2v) is 12.0. The van der Waals surface area contributed by atoms with Gasteiger partial charge in [-0.3, -0.25) is 9.59 Å². The Bertz CT molecular complexity index is 1720. The number of carbonyl (C=O) groups is 4. The molecule has 2 amide bonds. The lowest BCUT2D eigenvalue weighted by Gasteiger charge is -2.18. The van der Waals surface area contributed by atoms with Crippen LogP contribution in [-0.2, 0) is 31.9 Å². The number of rotatable bonds is 10. The van der Waals surface area contributed by atoms with Gasteiger partial charge in [0, 0.05) is 24.0 Å². The average molecular weight is 743 g/mol. The van der Waals surface area contributed by atoms with E-state index in [0.717, 1.165) is 11.1 Å². The molecule has 2 atom stereocenters. The third-order valence-corrected chi connectivity index (χ3v) is 8.12. The van der Waals surface area contributed by atoms with E-state index < -0.39 is 35.8 Å². The van der Waals surface area contributed by atoms with Crippen molar-refractivity contribution < 1.29 is 57.8 Å². The van der Waals surface area contributed by atoms with E-state index in [-0.39, 0.29) is 88.3 Å². The maximum atomic E-state index is 13.1. The lowest BCUT2D eigenvalue weighted by molar-refractivity contribution is -0.140. The van der Waals surface area contributed by atoms with Gasteiger partial charge >= 0.3 is 11.9 Å². The van der Waals surface area contributed by atoms with E-state index in [1.807, 2.05) is 12.1 Å². The fourth-order valence-electron chi connectivity index (χ4n) is 5.39. The highest BCUT2D eigenvalue weighted by Gasteiger charge is 2.24. The summed E-state index contributed by atoms with van der Waals surface area (Å²) in [6, 6.07) is 24.9. The van der Waals surface area contributed by atoms with Gasteiger partial charge < -0.3 is 49.3 Å². The third kappa shape index (κ3) is 12.0. The molecule has 1 aliphatic rings. The van der Waals surface area contributed by atoms with Gasteiger partial charge in [-0.25, -0.2) is 9.59 Å². The van der Waals surface area contributed by atoms with Gasteiger partial charge in [0.15, 0.2) is 23.0 Å². The van der Waals surface area contributed by atoms with Crippen molar-refractivity contribution >= 4 is 23.8 Å². The molecule has 0 spiro atoms. The third-order valence-electron chi connectivity index (χ3n) is 8.12. The second kappa shape index (κ2) is 20.2. The Hall–Kier alpha value is -6.12. The highest BCUT2D eigenvalue weighted by atomic mass is 16.6. The fraction of sp³-hybridized carbons (Fsp3) is 0.300. The number of carboxylic acid groups (broad SMARTS) is 2. The van der Waals surface area contributed by atoms with Crippen LogP contribution in [0.2, 0.25) is 0 Å². The molecule has 14 nitrogen and oxygen atoms in total. The normalized spacial score (nSPS) is 15.0. The van der Waals surface area contributed by atoms with Crippen LogP contribution in [-0.4, -0.2) is 98.9 Å². The molecule has 4 N–H and O–H groups in total. The Morgan fingerprint density at radius 2 is 0.833 bits per heavy atom. The van der Waals surface area contributed by atoms with Crippen LogP contribution in [0, 0.1) is 0 Å². The lowest BCUT2D eigenvalue weighted by Crippen LogP contribution is -2.42. The number of fused-ring (bicyclic) bond motifs is 2. The zero-order valence-electron chi connectivity index (χ0n) is 29.4. The second-order valence-electron chi connectivity index (χ2n) is 12.0. The van der Waals surface area contributed by atoms with Crippen LogP contribution in [0.25, 0.3) is 0 Å². The van der Waals surface area contributed by atoms with Gasteiger partial charge in [-0.2, -0.15) is 0 Å². The van der Waals surface area contributed by atoms with Gasteiger partial charge in [0.05, 0.1) is 26.4 Å². The number of carboxylic acids is 2. The van der Waals surface area contributed by atoms with Crippen LogP contribution in [0.4, 0.5) is 0 Å². The number of aliphatic carboxylic acids is 2. The van der Waals surface area contributed by atoms with Crippen LogP contribution in [0.5, 0.6) is 23.0 Å². The molecule has 0 aliphatic carbocycles. The van der Waals surface area contributed by atoms with Gasteiger partial charge in [-0.1, -0.05) is 60.7 Å². The van der Waals surface area contributed by atoms with Crippen LogP contribution < -0.4 is 29.6 Å². The zero-order valence-corrected chi connectivity index (χ0v) is 29.4. The minimum atomic E-state index is -1.16. The first-order valence-electron chi connectivity index (χ1n) is 17.4. The number of benzene rings is 4. The molecule has 0 unspecified atom stereocenters. The van der Waals surface area contributed by atoms with Gasteiger partial charge in [-0.05, 0) is 47.5 Å². The lowest BCUT2D eigenvalue weighted by atomic mass is 10.1. The van der Waals surface area contributed by atoms with E-state index in [2.05, 4.69) is 10.6 Å². The molecule has 54 heavy (non-hydrogen) atoms. The molecule has 1 aliphatic heterocycles. The largest absolute Gasteiger partial charge is 0.487 e. The Morgan fingerprint density at radius 1 is 0.481 bits per heavy atom. The monoisotopic (exact) mass is 742 g/mol. The van der Waals surface area contributed by atoms with Crippen LogP contribution in [0.3, 0.4) is 0 Å². The molecular weight excluding hydrogens is 700 g/mol. The Balaban J connectivity index is 1.19. The van der Waals surface area contributed by atoms with E-state index in [0.29, 0.717) is 11.5 Å². The van der Waals surface area contributed by atoms with Crippen molar-refractivity contribution in [1.29, 1.82) is 0 Å². The minimum absolute atomic E-state index is 0.0848. The fourth-order valence-corrected chi connectivity index (χ4v) is 5.39. The van der Waals surface area contributed by atoms with Crippen LogP contribution in [0.1, 0.15) is 31.8 Å². The summed E-state index contributed by atoms with van der Waals surface area (Å²) in [5.74, 6) is -2.25. The Morgan fingerprint density at radius 3 is 1.19 bits per heavy atom. The number of hydrogen-bond acceptors (Lipinski definition) is 10. The summed E-state index contributed by atoms with van der Waals surface area (Å²) < 4.78 is 35.0. The molecule has 284 valence electrons. The number of hydrogen-bond donors (Lipinski definition) is 4. The minimum Gasteiger partial charge on any atom is -0.487 e. The predicted octanol–water partition coefficient (Wildman–Crippen LogP) is 3.80. The van der Waals surface area contributed by atoms with Crippen molar-refractivity contribution in [3.63, 3.8) is 0 Å². The number of carbonyl (C=O) groups excluding carboxylic acids is 2. The van der Waals surface area contributed by atoms with Crippen LogP contribution in [0.15, 0.2) is 97.1 Å². The maximum Gasteiger partial charge on any atom is 0.326 e. The first-order chi connectivity index (χ1) is 26.3. The van der Waals surface area contributed by atoms with Gasteiger partial charge in [0.25, 0.3) is 11.8 Å². The van der Waals surface area contributed by atoms with E-state index >= 15 is 0 Å². The molecule has 5 rings (SSSR count). The predicted molar refractivity (Wildman–Crippen MR) is 195 cm³/mol. The summed E-state index contributed by atoms with van der Waals surface area (Å²) >= 11 is 0. The summed E-state index contributed by atoms with van der Waals surface area (Å²) in [6.07, 6.45) is 0.228. The summed E-state index contributed by atoms with van der Waals surface area (Å²) in [7, 11) is 0. The molecule has 0 saturated heterocycles. The van der Waals surface area contributed by atoms with Crippen molar-refractivity contribution in [2.75, 3.05) is 52.9 Å². The van der Waals surface area contributed by atoms with Crippen molar-refractivity contribution in [2.45, 2.75) is 24.9 Å². The van der Waals surface area contributed by atoms with E-state index in [1.165, 1.54) is 24.3 Å². The quantitative estimate of drug-likeness (QED) is 0.184. The average Bonchev–Trinajstić information content (AvgIpc) is 3.17. The first-order valence-corrected chi connectivity index (χ1v) is 17.4. The SMILES string of the molecule is O=C(N[C@@H](Cc1ccccc1)C(=O)O)c1ccc2c(c1)OCCOCCOc1cc(C(=O)N[C@H](Cc3ccccc3)C(=O)O)ccc1OCCOCCO2. The van der Waals surface area contributed by atoms with Crippen LogP contribution >= 0.6 is 0 Å². The van der Waals surface area contributed by atoms with E-state index in [4.69, 9.17) is 28.4 Å². The van der Waals surface area contributed by atoms with Gasteiger partial charge in [0.1, 0.15) is 38.5 Å². The molecule has 4 aromatic carbocycles. The molecule has 0 fully saturated rings. The summed E-state index contributed by atoms with van der Waals surface area (Å²) in [4.78, 5) is 50.1. The molecular formula is C40H42N2O12. The van der Waals surface area contributed by atoms with E-state index in [1.54, 1.807) is 60.7 Å². The standard InChI is InChI=1S/C40H42N2O12/c43-37(41-31(39(45)46)23-27-7-3-1-4-8-27)29-11-13-33-35(25-29)53-21-17-50-18-22-54-36-26-30(12-14-34(36)52-20-16-49-15-19-51-33)38(44)42-32(40(47)48)24-28-9-5-2-6-10-28/h1-14,25-26,31-32H,15-24H2,(H,41,43)(H,42,44)(H,45,46)(H,47,48)/t31-,32+. The first kappa shape index (κ1) is 39.1. The smallest absolute Gasteiger partial charge is 0.326 e. The Kier molecular flexibility index (Phi) is 14.6. The van der Waals surface area contributed by atoms with E-state index in [9.17, 15) is 29.4 Å². The summed E-state index contributed by atoms with van der Waals surface area (Å²) in [5.41, 5.74) is 1.90. The Labute approximate surface area is 311 Å². The topological polar surface area (TPSA) is 188 Å². The zero-order chi connectivity index (χ0) is 38.1. The summed E-state index contributed by atoms with van der Waals surface area (Å²) in [6.45, 7) is 1.15. The molecule has 0 aromatic heterocycles. The van der Waals surface area contributed by atoms with Crippen molar-refractivity contribution in [2.24, 2.45) is 0 Å². The molecule has 4 aromatic rings. The molecule has 14 heteroatoms. The highest BCUT2D eigenvalue weighted by molar-refractivity contribution is 5.98. The molecule has 0 radical (unpaired) electrons. The number of amides is 2. The maximum absolute atomic E-state index is 13.1. The summed E-state index contributed by atoms with van der Waals surface area (Å²) in [5, 5.41) is 24.7. The van der Waals surface area contributed by atoms with Crippen molar-refractivity contribution in [3.8, 4) is 23.0 Å². The number of ether oxygens (including phenoxy) is 6. The van der Waals surface area contributed by atoms with Crippen molar-refractivity contribution in [3.05, 3.63) is 119 Å². The molecule has 0 bridgehead atoms. The molecule has 0 saturated carbocycles.